The van der Waals surface area contributed by atoms with Crippen molar-refractivity contribution in [1.82, 2.24) is 10.3 Å². The van der Waals surface area contributed by atoms with Gasteiger partial charge in [-0.2, -0.15) is 0 Å². The molecule has 0 radical (unpaired) electrons. The van der Waals surface area contributed by atoms with Gasteiger partial charge in [-0.3, -0.25) is 4.79 Å². The molecule has 0 bridgehead atoms. The van der Waals surface area contributed by atoms with Crippen molar-refractivity contribution in [3.05, 3.63) is 41.8 Å². The molecule has 0 saturated carbocycles. The van der Waals surface area contributed by atoms with Crippen LogP contribution in [-0.4, -0.2) is 17.4 Å². The molecule has 0 aliphatic heterocycles. The second-order valence-electron chi connectivity index (χ2n) is 4.74. The predicted molar refractivity (Wildman–Crippen MR) is 78.3 cm³/mol. The van der Waals surface area contributed by atoms with Gasteiger partial charge in [0.15, 0.2) is 0 Å². The summed E-state index contributed by atoms with van der Waals surface area (Å²) in [6, 6.07) is 9.82. The summed E-state index contributed by atoms with van der Waals surface area (Å²) in [6.45, 7) is 4.50. The van der Waals surface area contributed by atoms with E-state index in [1.54, 1.807) is 0 Å². The summed E-state index contributed by atoms with van der Waals surface area (Å²) in [5.41, 5.74) is 1.87. The summed E-state index contributed by atoms with van der Waals surface area (Å²) >= 11 is 0. The van der Waals surface area contributed by atoms with Gasteiger partial charge in [0.2, 0.25) is 11.8 Å². The fourth-order valence-electron chi connectivity index (χ4n) is 2.00. The fraction of sp³-hybridized carbons (Fsp3) is 0.375. The zero-order valence-electron chi connectivity index (χ0n) is 12.0. The second-order valence-corrected chi connectivity index (χ2v) is 4.74. The lowest BCUT2D eigenvalue weighted by Crippen LogP contribution is -2.25. The van der Waals surface area contributed by atoms with E-state index in [0.29, 0.717) is 25.3 Å². The zero-order chi connectivity index (χ0) is 14.4. The van der Waals surface area contributed by atoms with Crippen molar-refractivity contribution in [2.45, 2.75) is 33.1 Å². The van der Waals surface area contributed by atoms with Crippen LogP contribution in [-0.2, 0) is 11.2 Å². The third kappa shape index (κ3) is 3.70. The van der Waals surface area contributed by atoms with Crippen LogP contribution in [0, 0.1) is 6.92 Å². The molecule has 106 valence electrons. The van der Waals surface area contributed by atoms with Gasteiger partial charge in [-0.25, -0.2) is 4.98 Å². The van der Waals surface area contributed by atoms with Crippen LogP contribution in [0.2, 0.25) is 0 Å². The number of carbonyl (C=O) groups excluding carboxylic acids is 1. The third-order valence-electron chi connectivity index (χ3n) is 3.07. The lowest BCUT2D eigenvalue weighted by Gasteiger charge is -2.02. The molecule has 1 heterocycles. The van der Waals surface area contributed by atoms with E-state index in [1.807, 2.05) is 44.2 Å². The molecule has 0 unspecified atom stereocenters. The van der Waals surface area contributed by atoms with Crippen molar-refractivity contribution >= 4 is 5.91 Å². The first-order chi connectivity index (χ1) is 9.70. The molecule has 2 rings (SSSR count). The van der Waals surface area contributed by atoms with Gasteiger partial charge in [0.1, 0.15) is 5.76 Å². The standard InChI is InChI=1S/C16H20N2O2/c1-3-7-15(19)17-11-10-14-12(2)20-16(18-14)13-8-5-4-6-9-13/h4-6,8-9H,3,7,10-11H2,1-2H3,(H,17,19). The van der Waals surface area contributed by atoms with Crippen molar-refractivity contribution in [2.24, 2.45) is 0 Å². The minimum absolute atomic E-state index is 0.0944. The summed E-state index contributed by atoms with van der Waals surface area (Å²) in [7, 11) is 0. The van der Waals surface area contributed by atoms with E-state index in [4.69, 9.17) is 4.42 Å². The Morgan fingerprint density at radius 3 is 2.75 bits per heavy atom. The topological polar surface area (TPSA) is 55.1 Å². The van der Waals surface area contributed by atoms with E-state index in [9.17, 15) is 4.79 Å². The molecule has 20 heavy (non-hydrogen) atoms. The van der Waals surface area contributed by atoms with Crippen LogP contribution in [0.3, 0.4) is 0 Å². The Morgan fingerprint density at radius 1 is 1.30 bits per heavy atom. The van der Waals surface area contributed by atoms with Crippen molar-refractivity contribution < 1.29 is 9.21 Å². The number of rotatable bonds is 6. The van der Waals surface area contributed by atoms with E-state index in [2.05, 4.69) is 10.3 Å². The van der Waals surface area contributed by atoms with Gasteiger partial charge in [-0.15, -0.1) is 0 Å². The lowest BCUT2D eigenvalue weighted by atomic mass is 10.2. The number of oxazole rings is 1. The zero-order valence-corrected chi connectivity index (χ0v) is 12.0. The first kappa shape index (κ1) is 14.3. The highest BCUT2D eigenvalue weighted by Crippen LogP contribution is 2.21. The highest BCUT2D eigenvalue weighted by atomic mass is 16.4. The molecule has 0 aliphatic carbocycles. The number of hydrogen-bond donors (Lipinski definition) is 1. The smallest absolute Gasteiger partial charge is 0.226 e. The van der Waals surface area contributed by atoms with E-state index >= 15 is 0 Å². The van der Waals surface area contributed by atoms with Gasteiger partial charge in [0.25, 0.3) is 0 Å². The highest BCUT2D eigenvalue weighted by molar-refractivity contribution is 5.75. The molecule has 4 nitrogen and oxygen atoms in total. The first-order valence-electron chi connectivity index (χ1n) is 6.99. The fourth-order valence-corrected chi connectivity index (χ4v) is 2.00. The largest absolute Gasteiger partial charge is 0.441 e. The van der Waals surface area contributed by atoms with Crippen LogP contribution in [0.4, 0.5) is 0 Å². The number of nitrogens with zero attached hydrogens (tertiary/aromatic N) is 1. The average molecular weight is 272 g/mol. The maximum atomic E-state index is 11.4. The minimum Gasteiger partial charge on any atom is -0.441 e. The molecule has 1 N–H and O–H groups in total. The van der Waals surface area contributed by atoms with Gasteiger partial charge < -0.3 is 9.73 Å². The number of hydrogen-bond acceptors (Lipinski definition) is 3. The van der Waals surface area contributed by atoms with Crippen LogP contribution < -0.4 is 5.32 Å². The summed E-state index contributed by atoms with van der Waals surface area (Å²) < 4.78 is 5.68. The van der Waals surface area contributed by atoms with E-state index in [-0.39, 0.29) is 5.91 Å². The Balaban J connectivity index is 1.96. The average Bonchev–Trinajstić information content (AvgIpc) is 2.82. The summed E-state index contributed by atoms with van der Waals surface area (Å²) in [6.07, 6.45) is 2.14. The van der Waals surface area contributed by atoms with Gasteiger partial charge >= 0.3 is 0 Å². The van der Waals surface area contributed by atoms with E-state index < -0.39 is 0 Å². The molecular weight excluding hydrogens is 252 g/mol. The monoisotopic (exact) mass is 272 g/mol. The van der Waals surface area contributed by atoms with Crippen LogP contribution in [0.5, 0.6) is 0 Å². The maximum absolute atomic E-state index is 11.4. The molecule has 1 aromatic heterocycles. The number of carbonyl (C=O) groups is 1. The Morgan fingerprint density at radius 2 is 2.05 bits per heavy atom. The Hall–Kier alpha value is -2.10. The van der Waals surface area contributed by atoms with Crippen molar-refractivity contribution in [3.63, 3.8) is 0 Å². The van der Waals surface area contributed by atoms with Gasteiger partial charge in [0, 0.05) is 24.9 Å². The number of nitrogens with one attached hydrogen (secondary N) is 1. The molecule has 0 atom stereocenters. The summed E-state index contributed by atoms with van der Waals surface area (Å²) in [5, 5.41) is 2.89. The molecular formula is C16H20N2O2. The molecule has 1 amide bonds. The second kappa shape index (κ2) is 6.89. The van der Waals surface area contributed by atoms with Gasteiger partial charge in [0.05, 0.1) is 5.69 Å². The van der Waals surface area contributed by atoms with Crippen LogP contribution in [0.1, 0.15) is 31.2 Å². The normalized spacial score (nSPS) is 10.5. The number of aryl methyl sites for hydroxylation is 1. The lowest BCUT2D eigenvalue weighted by molar-refractivity contribution is -0.121. The van der Waals surface area contributed by atoms with Crippen molar-refractivity contribution in [1.29, 1.82) is 0 Å². The number of aromatic nitrogens is 1. The predicted octanol–water partition coefficient (Wildman–Crippen LogP) is 3.11. The molecule has 0 fully saturated rings. The van der Waals surface area contributed by atoms with Crippen LogP contribution in [0.15, 0.2) is 34.7 Å². The molecule has 0 saturated heterocycles. The maximum Gasteiger partial charge on any atom is 0.226 e. The molecule has 2 aromatic rings. The highest BCUT2D eigenvalue weighted by Gasteiger charge is 2.11. The van der Waals surface area contributed by atoms with Gasteiger partial charge in [-0.1, -0.05) is 25.1 Å². The number of amides is 1. The summed E-state index contributed by atoms with van der Waals surface area (Å²) in [5.74, 6) is 1.54. The molecule has 0 spiro atoms. The van der Waals surface area contributed by atoms with E-state index in [0.717, 1.165) is 23.4 Å². The summed E-state index contributed by atoms with van der Waals surface area (Å²) in [4.78, 5) is 15.9. The van der Waals surface area contributed by atoms with Gasteiger partial charge in [-0.05, 0) is 25.5 Å². The first-order valence-corrected chi connectivity index (χ1v) is 6.99. The SMILES string of the molecule is CCCC(=O)NCCc1nc(-c2ccccc2)oc1C. The molecule has 0 aliphatic rings. The minimum atomic E-state index is 0.0944. The van der Waals surface area contributed by atoms with Crippen LogP contribution >= 0.6 is 0 Å². The quantitative estimate of drug-likeness (QED) is 0.879. The van der Waals surface area contributed by atoms with Crippen molar-refractivity contribution in [3.8, 4) is 11.5 Å². The Kier molecular flexibility index (Phi) is 4.93. The van der Waals surface area contributed by atoms with E-state index in [1.165, 1.54) is 0 Å². The third-order valence-corrected chi connectivity index (χ3v) is 3.07. The molecule has 1 aromatic carbocycles. The Bertz CT molecular complexity index is 561. The van der Waals surface area contributed by atoms with Crippen LogP contribution in [0.25, 0.3) is 11.5 Å². The number of benzene rings is 1. The Labute approximate surface area is 119 Å². The van der Waals surface area contributed by atoms with Crippen molar-refractivity contribution in [2.75, 3.05) is 6.54 Å². The molecule has 4 heteroatoms.